The summed E-state index contributed by atoms with van der Waals surface area (Å²) in [6.45, 7) is 4.05. The van der Waals surface area contributed by atoms with Crippen molar-refractivity contribution in [3.05, 3.63) is 112 Å². The zero-order valence-corrected chi connectivity index (χ0v) is 32.4. The summed E-state index contributed by atoms with van der Waals surface area (Å²) in [5, 5.41) is 0. The standard InChI is InChI=1S/C47H60N2O4/c1-34-26-29-41(48-33-44-42(34)25-12-19-37-16-6-7-24-43(37)47(51)49(44)2)23-11-20-38-27-28-40(32-45(38)52-3)46(50)39-17-5-4-14-35(18-10-21-39)36-15-8-9-30-53-31-13-22-36/h6-7,11-12,16,23-25,27-29,32-36,39H,4-5,8-10,13-15,17-22,26,30-31H2,1-3H3/b23-11?,25-12?,41-29+,44-42?,48-33?. The number of amides is 1. The second-order valence-corrected chi connectivity index (χ2v) is 15.7. The van der Waals surface area contributed by atoms with Gasteiger partial charge in [-0.25, -0.2) is 0 Å². The predicted octanol–water partition coefficient (Wildman–Crippen LogP) is 10.7. The van der Waals surface area contributed by atoms with Gasteiger partial charge in [-0.2, -0.15) is 0 Å². The number of rotatable bonds is 7. The lowest BCUT2D eigenvalue weighted by Crippen LogP contribution is -2.29. The fraction of sp³-hybridized carbons (Fsp3) is 0.511. The minimum atomic E-state index is -0.0170. The van der Waals surface area contributed by atoms with Crippen LogP contribution in [0.4, 0.5) is 0 Å². The molecule has 0 spiro atoms. The second-order valence-electron chi connectivity index (χ2n) is 15.7. The van der Waals surface area contributed by atoms with Crippen molar-refractivity contribution in [1.29, 1.82) is 0 Å². The normalized spacial score (nSPS) is 26.1. The quantitative estimate of drug-likeness (QED) is 0.268. The number of fused-ring (bicyclic) bond motifs is 1. The van der Waals surface area contributed by atoms with Gasteiger partial charge in [0, 0.05) is 37.3 Å². The van der Waals surface area contributed by atoms with Crippen molar-refractivity contribution in [2.24, 2.45) is 28.7 Å². The molecule has 0 radical (unpaired) electrons. The Balaban J connectivity index is 1.09. The van der Waals surface area contributed by atoms with Gasteiger partial charge in [-0.1, -0.05) is 107 Å². The Morgan fingerprint density at radius 2 is 1.68 bits per heavy atom. The molecule has 6 rings (SSSR count). The lowest BCUT2D eigenvalue weighted by atomic mass is 9.79. The molecule has 4 atom stereocenters. The van der Waals surface area contributed by atoms with Gasteiger partial charge in [0.1, 0.15) is 5.75 Å². The minimum Gasteiger partial charge on any atom is -0.496 e. The van der Waals surface area contributed by atoms with Crippen LogP contribution >= 0.6 is 0 Å². The van der Waals surface area contributed by atoms with Crippen molar-refractivity contribution >= 4 is 17.9 Å². The van der Waals surface area contributed by atoms with Crippen LogP contribution in [0.2, 0.25) is 0 Å². The van der Waals surface area contributed by atoms with Crippen LogP contribution in [0.25, 0.3) is 0 Å². The van der Waals surface area contributed by atoms with Crippen molar-refractivity contribution < 1.29 is 19.1 Å². The zero-order chi connectivity index (χ0) is 37.0. The highest BCUT2D eigenvalue weighted by atomic mass is 16.5. The number of benzene rings is 2. The van der Waals surface area contributed by atoms with Crippen LogP contribution in [-0.2, 0) is 17.6 Å². The van der Waals surface area contributed by atoms with Crippen LogP contribution in [0.1, 0.15) is 122 Å². The molecule has 2 aromatic carbocycles. The van der Waals surface area contributed by atoms with E-state index < -0.39 is 0 Å². The predicted molar refractivity (Wildman–Crippen MR) is 216 cm³/mol. The summed E-state index contributed by atoms with van der Waals surface area (Å²) < 4.78 is 11.6. The van der Waals surface area contributed by atoms with E-state index in [0.29, 0.717) is 6.42 Å². The maximum Gasteiger partial charge on any atom is 0.258 e. The summed E-state index contributed by atoms with van der Waals surface area (Å²) in [4.78, 5) is 34.1. The summed E-state index contributed by atoms with van der Waals surface area (Å²) in [5.41, 5.74) is 6.38. The number of carbonyl (C=O) groups excluding carboxylic acids is 2. The Kier molecular flexibility index (Phi) is 14.1. The van der Waals surface area contributed by atoms with E-state index in [1.165, 1.54) is 51.4 Å². The summed E-state index contributed by atoms with van der Waals surface area (Å²) in [5.74, 6) is 2.92. The molecule has 1 aliphatic carbocycles. The number of hydrogen-bond donors (Lipinski definition) is 0. The molecular weight excluding hydrogens is 657 g/mol. The molecule has 3 heterocycles. The third-order valence-electron chi connectivity index (χ3n) is 12.1. The molecule has 1 saturated heterocycles. The Hall–Kier alpha value is -4.03. The number of ketones is 1. The third-order valence-corrected chi connectivity index (χ3v) is 12.1. The summed E-state index contributed by atoms with van der Waals surface area (Å²) in [6.07, 6.45) is 29.0. The molecule has 2 aromatic rings. The van der Waals surface area contributed by atoms with Gasteiger partial charge < -0.3 is 14.4 Å². The van der Waals surface area contributed by atoms with Crippen molar-refractivity contribution in [2.45, 2.75) is 103 Å². The fourth-order valence-corrected chi connectivity index (χ4v) is 8.92. The minimum absolute atomic E-state index is 0.0170. The van der Waals surface area contributed by atoms with Crippen molar-refractivity contribution in [1.82, 2.24) is 4.90 Å². The summed E-state index contributed by atoms with van der Waals surface area (Å²) in [6, 6.07) is 13.9. The first-order chi connectivity index (χ1) is 25.9. The molecule has 53 heavy (non-hydrogen) atoms. The molecule has 4 unspecified atom stereocenters. The SMILES string of the molecule is COc1cc(C(=O)C2CCCCC(C3CCCCOCCC3)CCC2)ccc1CC=C/C1=C\CC(C)C2=C(C=N1)N(C)C(=O)c1ccccc1CC=C2. The van der Waals surface area contributed by atoms with E-state index >= 15 is 0 Å². The highest BCUT2D eigenvalue weighted by Gasteiger charge is 2.27. The smallest absolute Gasteiger partial charge is 0.258 e. The van der Waals surface area contributed by atoms with Gasteiger partial charge in [0.05, 0.1) is 24.7 Å². The van der Waals surface area contributed by atoms with Gasteiger partial charge in [-0.3, -0.25) is 14.6 Å². The van der Waals surface area contributed by atoms with E-state index in [-0.39, 0.29) is 23.5 Å². The van der Waals surface area contributed by atoms with Gasteiger partial charge in [0.15, 0.2) is 5.78 Å². The topological polar surface area (TPSA) is 68.2 Å². The Morgan fingerprint density at radius 1 is 0.943 bits per heavy atom. The summed E-state index contributed by atoms with van der Waals surface area (Å²) >= 11 is 0. The number of allylic oxidation sites excluding steroid dienone is 7. The molecule has 1 saturated carbocycles. The van der Waals surface area contributed by atoms with Gasteiger partial charge in [-0.15, -0.1) is 0 Å². The molecule has 3 aliphatic heterocycles. The van der Waals surface area contributed by atoms with E-state index in [0.717, 1.165) is 109 Å². The molecular formula is C47H60N2O4. The molecule has 6 nitrogen and oxygen atoms in total. The first-order valence-corrected chi connectivity index (χ1v) is 20.4. The van der Waals surface area contributed by atoms with Gasteiger partial charge in [0.2, 0.25) is 0 Å². The highest BCUT2D eigenvalue weighted by Crippen LogP contribution is 2.36. The first-order valence-electron chi connectivity index (χ1n) is 20.4. The van der Waals surface area contributed by atoms with Crippen LogP contribution in [-0.4, -0.2) is 50.2 Å². The second kappa shape index (κ2) is 19.3. The Morgan fingerprint density at radius 3 is 2.53 bits per heavy atom. The van der Waals surface area contributed by atoms with E-state index in [4.69, 9.17) is 14.5 Å². The molecule has 0 N–H and O–H groups in total. The van der Waals surface area contributed by atoms with Crippen molar-refractivity contribution in [2.75, 3.05) is 27.4 Å². The van der Waals surface area contributed by atoms with Crippen LogP contribution in [0, 0.1) is 23.7 Å². The van der Waals surface area contributed by atoms with Gasteiger partial charge in [-0.05, 0) is 104 Å². The molecule has 2 fully saturated rings. The lowest BCUT2D eigenvalue weighted by molar-refractivity contribution is 0.0840. The lowest BCUT2D eigenvalue weighted by Gasteiger charge is -2.27. The third kappa shape index (κ3) is 10.1. The number of aliphatic imine (C=N–C) groups is 1. The van der Waals surface area contributed by atoms with Crippen LogP contribution in [0.15, 0.2) is 94.8 Å². The Labute approximate surface area is 318 Å². The summed E-state index contributed by atoms with van der Waals surface area (Å²) in [7, 11) is 3.54. The van der Waals surface area contributed by atoms with E-state index in [1.54, 1.807) is 12.0 Å². The molecule has 0 aromatic heterocycles. The van der Waals surface area contributed by atoms with E-state index in [2.05, 4.69) is 37.3 Å². The molecule has 4 aliphatic rings. The van der Waals surface area contributed by atoms with Crippen LogP contribution < -0.4 is 4.74 Å². The molecule has 282 valence electrons. The monoisotopic (exact) mass is 716 g/mol. The number of nitrogens with zero attached hydrogens (tertiary/aromatic N) is 2. The Bertz CT molecular complexity index is 1720. The van der Waals surface area contributed by atoms with E-state index in [9.17, 15) is 9.59 Å². The average Bonchev–Trinajstić information content (AvgIpc) is 3.42. The van der Waals surface area contributed by atoms with Gasteiger partial charge in [0.25, 0.3) is 5.91 Å². The number of Topliss-reactive ketones (excluding diaryl/α,β-unsaturated/α-hetero) is 1. The van der Waals surface area contributed by atoms with Crippen molar-refractivity contribution in [3.63, 3.8) is 0 Å². The van der Waals surface area contributed by atoms with E-state index in [1.807, 2.05) is 55.7 Å². The molecule has 6 heteroatoms. The first kappa shape index (κ1) is 38.7. The highest BCUT2D eigenvalue weighted by molar-refractivity contribution is 6.00. The largest absolute Gasteiger partial charge is 0.496 e. The maximum atomic E-state index is 13.9. The van der Waals surface area contributed by atoms with Crippen molar-refractivity contribution in [3.8, 4) is 5.75 Å². The maximum absolute atomic E-state index is 13.9. The molecule has 1 amide bonds. The van der Waals surface area contributed by atoms with Crippen LogP contribution in [0.5, 0.6) is 5.75 Å². The number of ether oxygens (including phenoxy) is 2. The fourth-order valence-electron chi connectivity index (χ4n) is 8.92. The zero-order valence-electron chi connectivity index (χ0n) is 32.4. The van der Waals surface area contributed by atoms with Gasteiger partial charge >= 0.3 is 0 Å². The number of hydrogen-bond acceptors (Lipinski definition) is 5. The number of methoxy groups -OCH3 is 1. The van der Waals surface area contributed by atoms with Crippen LogP contribution in [0.3, 0.4) is 0 Å². The molecule has 0 bridgehead atoms. The average molecular weight is 717 g/mol. The number of carbonyl (C=O) groups is 2.